The molecule has 146 valence electrons. The number of rotatable bonds is 5. The molecular weight excluding hydrogens is 370 g/mol. The van der Waals surface area contributed by atoms with E-state index in [0.717, 1.165) is 42.4 Å². The fourth-order valence-electron chi connectivity index (χ4n) is 3.97. The molecular formula is C22H25N3O2S. The summed E-state index contributed by atoms with van der Waals surface area (Å²) >= 11 is 1.39. The van der Waals surface area contributed by atoms with E-state index in [1.165, 1.54) is 11.3 Å². The van der Waals surface area contributed by atoms with Crippen LogP contribution in [0.25, 0.3) is 10.9 Å². The number of amides is 2. The number of hydrogen-bond donors (Lipinski definition) is 2. The molecule has 2 atom stereocenters. The third kappa shape index (κ3) is 3.97. The summed E-state index contributed by atoms with van der Waals surface area (Å²) in [5.41, 5.74) is 2.09. The number of nitrogens with one attached hydrogen (secondary N) is 2. The van der Waals surface area contributed by atoms with Crippen LogP contribution in [0.2, 0.25) is 0 Å². The molecule has 5 nitrogen and oxygen atoms in total. The van der Waals surface area contributed by atoms with Gasteiger partial charge in [0, 0.05) is 36.6 Å². The Labute approximate surface area is 168 Å². The minimum absolute atomic E-state index is 0.0155. The van der Waals surface area contributed by atoms with E-state index in [-0.39, 0.29) is 11.8 Å². The average Bonchev–Trinajstić information content (AvgIpc) is 3.37. The Bertz CT molecular complexity index is 963. The zero-order valence-electron chi connectivity index (χ0n) is 16.0. The maximum Gasteiger partial charge on any atom is 0.262 e. The number of likely N-dealkylation sites (tertiary alicyclic amines) is 1. The monoisotopic (exact) mass is 395 g/mol. The highest BCUT2D eigenvalue weighted by molar-refractivity contribution is 7.12. The molecule has 0 radical (unpaired) electrons. The van der Waals surface area contributed by atoms with Gasteiger partial charge in [-0.1, -0.05) is 31.2 Å². The first-order valence-corrected chi connectivity index (χ1v) is 10.7. The molecule has 1 aromatic carbocycles. The number of hydrogen-bond acceptors (Lipinski definition) is 3. The van der Waals surface area contributed by atoms with Gasteiger partial charge >= 0.3 is 0 Å². The summed E-state index contributed by atoms with van der Waals surface area (Å²) in [6.07, 6.45) is 4.59. The molecule has 28 heavy (non-hydrogen) atoms. The van der Waals surface area contributed by atoms with Crippen molar-refractivity contribution in [3.05, 3.63) is 58.4 Å². The number of aromatic nitrogens is 1. The number of aromatic amines is 1. The molecule has 2 N–H and O–H groups in total. The molecule has 0 saturated carbocycles. The SMILES string of the molecule is C[C@@H]1CCCN(C(=O)[C@H](Cc2c[nH]c3ccccc23)NC(=O)c2cccs2)C1. The number of benzene rings is 1. The highest BCUT2D eigenvalue weighted by atomic mass is 32.1. The fourth-order valence-corrected chi connectivity index (χ4v) is 4.59. The first-order chi connectivity index (χ1) is 13.6. The van der Waals surface area contributed by atoms with Crippen molar-refractivity contribution in [3.8, 4) is 0 Å². The summed E-state index contributed by atoms with van der Waals surface area (Å²) in [7, 11) is 0. The largest absolute Gasteiger partial charge is 0.361 e. The van der Waals surface area contributed by atoms with E-state index in [1.807, 2.05) is 46.8 Å². The van der Waals surface area contributed by atoms with Gasteiger partial charge in [0.15, 0.2) is 0 Å². The molecule has 2 aromatic heterocycles. The molecule has 1 saturated heterocycles. The Hall–Kier alpha value is -2.60. The van der Waals surface area contributed by atoms with Crippen molar-refractivity contribution in [1.29, 1.82) is 0 Å². The number of piperidine rings is 1. The minimum Gasteiger partial charge on any atom is -0.361 e. The number of H-pyrrole nitrogens is 1. The van der Waals surface area contributed by atoms with Crippen LogP contribution in [-0.2, 0) is 11.2 Å². The second-order valence-corrected chi connectivity index (χ2v) is 8.55. The quantitative estimate of drug-likeness (QED) is 0.690. The molecule has 3 aromatic rings. The van der Waals surface area contributed by atoms with Gasteiger partial charge in [-0.05, 0) is 41.8 Å². The van der Waals surface area contributed by atoms with Crippen molar-refractivity contribution in [1.82, 2.24) is 15.2 Å². The van der Waals surface area contributed by atoms with Gasteiger partial charge in [0.1, 0.15) is 6.04 Å². The van der Waals surface area contributed by atoms with Gasteiger partial charge < -0.3 is 15.2 Å². The topological polar surface area (TPSA) is 65.2 Å². The van der Waals surface area contributed by atoms with Crippen LogP contribution in [-0.4, -0.2) is 40.8 Å². The van der Waals surface area contributed by atoms with Crippen LogP contribution in [0.3, 0.4) is 0 Å². The lowest BCUT2D eigenvalue weighted by Crippen LogP contribution is -2.52. The van der Waals surface area contributed by atoms with Crippen molar-refractivity contribution in [3.63, 3.8) is 0 Å². The van der Waals surface area contributed by atoms with Gasteiger partial charge in [-0.25, -0.2) is 0 Å². The van der Waals surface area contributed by atoms with E-state index < -0.39 is 6.04 Å². The van der Waals surface area contributed by atoms with E-state index in [1.54, 1.807) is 6.07 Å². The number of carbonyl (C=O) groups is 2. The van der Waals surface area contributed by atoms with Crippen LogP contribution in [0.5, 0.6) is 0 Å². The van der Waals surface area contributed by atoms with Crippen LogP contribution in [0.15, 0.2) is 48.0 Å². The number of carbonyl (C=O) groups excluding carboxylic acids is 2. The molecule has 1 aliphatic heterocycles. The Morgan fingerprint density at radius 2 is 2.14 bits per heavy atom. The molecule has 0 aliphatic carbocycles. The molecule has 1 fully saturated rings. The fraction of sp³-hybridized carbons (Fsp3) is 0.364. The third-order valence-electron chi connectivity index (χ3n) is 5.42. The lowest BCUT2D eigenvalue weighted by molar-refractivity contribution is -0.134. The number of para-hydroxylation sites is 1. The Morgan fingerprint density at radius 1 is 1.29 bits per heavy atom. The highest BCUT2D eigenvalue weighted by Gasteiger charge is 2.30. The summed E-state index contributed by atoms with van der Waals surface area (Å²) in [5.74, 6) is 0.333. The van der Waals surface area contributed by atoms with Crippen molar-refractivity contribution in [2.75, 3.05) is 13.1 Å². The number of fused-ring (bicyclic) bond motifs is 1. The van der Waals surface area contributed by atoms with Crippen LogP contribution in [0, 0.1) is 5.92 Å². The van der Waals surface area contributed by atoms with Crippen LogP contribution in [0.1, 0.15) is 35.0 Å². The Kier molecular flexibility index (Phi) is 5.48. The zero-order valence-corrected chi connectivity index (χ0v) is 16.8. The molecule has 3 heterocycles. The lowest BCUT2D eigenvalue weighted by atomic mass is 9.98. The standard InChI is InChI=1S/C22H25N3O2S/c1-15-6-4-10-25(14-15)22(27)19(24-21(26)20-9-5-11-28-20)12-16-13-23-18-8-3-2-7-17(16)18/h2-3,5,7-9,11,13,15,19,23H,4,6,10,12,14H2,1H3,(H,24,26)/t15-,19+/m1/s1. The summed E-state index contributed by atoms with van der Waals surface area (Å²) < 4.78 is 0. The second kappa shape index (κ2) is 8.19. The number of thiophene rings is 1. The number of nitrogens with zero attached hydrogens (tertiary/aromatic N) is 1. The maximum atomic E-state index is 13.3. The third-order valence-corrected chi connectivity index (χ3v) is 6.28. The van der Waals surface area contributed by atoms with E-state index in [2.05, 4.69) is 17.2 Å². The normalized spacial score (nSPS) is 18.2. The first kappa shape index (κ1) is 18.7. The van der Waals surface area contributed by atoms with Crippen LogP contribution in [0.4, 0.5) is 0 Å². The van der Waals surface area contributed by atoms with Crippen molar-refractivity contribution >= 4 is 34.1 Å². The van der Waals surface area contributed by atoms with Crippen molar-refractivity contribution in [2.45, 2.75) is 32.2 Å². The Morgan fingerprint density at radius 3 is 2.93 bits per heavy atom. The van der Waals surface area contributed by atoms with Crippen molar-refractivity contribution < 1.29 is 9.59 Å². The van der Waals surface area contributed by atoms with Crippen molar-refractivity contribution in [2.24, 2.45) is 5.92 Å². The molecule has 0 spiro atoms. The zero-order chi connectivity index (χ0) is 19.5. The van der Waals surface area contributed by atoms with Gasteiger partial charge in [-0.15, -0.1) is 11.3 Å². The molecule has 0 bridgehead atoms. The van der Waals surface area contributed by atoms with Crippen LogP contribution < -0.4 is 5.32 Å². The summed E-state index contributed by atoms with van der Waals surface area (Å²) in [6.45, 7) is 3.71. The second-order valence-electron chi connectivity index (χ2n) is 7.60. The summed E-state index contributed by atoms with van der Waals surface area (Å²) in [4.78, 5) is 31.8. The predicted molar refractivity (Wildman–Crippen MR) is 113 cm³/mol. The van der Waals surface area contributed by atoms with Gasteiger partial charge in [0.25, 0.3) is 5.91 Å². The Balaban J connectivity index is 1.58. The molecule has 2 amide bonds. The molecule has 4 rings (SSSR count). The first-order valence-electron chi connectivity index (χ1n) is 9.80. The van der Waals surface area contributed by atoms with Gasteiger partial charge in [0.05, 0.1) is 4.88 Å². The van der Waals surface area contributed by atoms with Gasteiger partial charge in [-0.3, -0.25) is 9.59 Å². The molecule has 6 heteroatoms. The van der Waals surface area contributed by atoms with E-state index in [4.69, 9.17) is 0 Å². The van der Waals surface area contributed by atoms with Gasteiger partial charge in [0.2, 0.25) is 5.91 Å². The molecule has 0 unspecified atom stereocenters. The smallest absolute Gasteiger partial charge is 0.262 e. The molecule has 1 aliphatic rings. The van der Waals surface area contributed by atoms with E-state index >= 15 is 0 Å². The van der Waals surface area contributed by atoms with Crippen LogP contribution >= 0.6 is 11.3 Å². The van der Waals surface area contributed by atoms with Gasteiger partial charge in [-0.2, -0.15) is 0 Å². The maximum absolute atomic E-state index is 13.3. The van der Waals surface area contributed by atoms with E-state index in [9.17, 15) is 9.59 Å². The lowest BCUT2D eigenvalue weighted by Gasteiger charge is -2.33. The highest BCUT2D eigenvalue weighted by Crippen LogP contribution is 2.22. The average molecular weight is 396 g/mol. The van der Waals surface area contributed by atoms with E-state index in [0.29, 0.717) is 17.2 Å². The minimum atomic E-state index is -0.570. The summed E-state index contributed by atoms with van der Waals surface area (Å²) in [6, 6.07) is 11.1. The predicted octanol–water partition coefficient (Wildman–Crippen LogP) is 3.83. The summed E-state index contributed by atoms with van der Waals surface area (Å²) in [5, 5.41) is 5.97.